The van der Waals surface area contributed by atoms with Gasteiger partial charge in [-0.1, -0.05) is 219 Å². The Morgan fingerprint density at radius 2 is 0.679 bits per heavy atom. The fourth-order valence-electron chi connectivity index (χ4n) is 7.79. The van der Waals surface area contributed by atoms with Gasteiger partial charge in [-0.2, -0.15) is 0 Å². The summed E-state index contributed by atoms with van der Waals surface area (Å²) in [6.07, 6.45) is 73.0. The fraction of sp³-hybridized carbons (Fsp3) is 0.652. The summed E-state index contributed by atoms with van der Waals surface area (Å²) in [7, 11) is -4.78. The van der Waals surface area contributed by atoms with Gasteiger partial charge in [-0.25, -0.2) is 4.57 Å². The Morgan fingerprint density at radius 1 is 0.372 bits per heavy atom. The lowest BCUT2D eigenvalue weighted by atomic mass is 10.1. The number of hydrogen-bond donors (Lipinski definition) is 2. The zero-order valence-electron chi connectivity index (χ0n) is 49.1. The molecule has 444 valence electrons. The number of rotatable bonds is 55. The molecule has 0 saturated heterocycles. The van der Waals surface area contributed by atoms with E-state index < -0.39 is 57.8 Å². The summed E-state index contributed by atoms with van der Waals surface area (Å²) < 4.78 is 39.5. The van der Waals surface area contributed by atoms with Crippen LogP contribution in [0.1, 0.15) is 239 Å². The quantitative estimate of drug-likeness (QED) is 0.0197. The second-order valence-electron chi connectivity index (χ2n) is 19.7. The van der Waals surface area contributed by atoms with E-state index >= 15 is 0 Å². The van der Waals surface area contributed by atoms with Gasteiger partial charge in [0.2, 0.25) is 0 Å². The van der Waals surface area contributed by atoms with E-state index in [1.54, 1.807) is 0 Å². The maximum absolute atomic E-state index is 12.9. The largest absolute Gasteiger partial charge is 0.472 e. The smallest absolute Gasteiger partial charge is 0.462 e. The number of allylic oxidation sites excluding steroid dienone is 20. The molecule has 0 aromatic carbocycles. The van der Waals surface area contributed by atoms with Gasteiger partial charge >= 0.3 is 25.7 Å². The zero-order chi connectivity index (χ0) is 56.9. The van der Waals surface area contributed by atoms with Crippen LogP contribution < -0.4 is 0 Å². The van der Waals surface area contributed by atoms with Crippen molar-refractivity contribution < 1.29 is 52.2 Å². The van der Waals surface area contributed by atoms with E-state index in [4.69, 9.17) is 23.3 Å². The van der Waals surface area contributed by atoms with E-state index in [2.05, 4.69) is 130 Å². The van der Waals surface area contributed by atoms with Gasteiger partial charge in [0.25, 0.3) is 0 Å². The van der Waals surface area contributed by atoms with Gasteiger partial charge < -0.3 is 24.2 Å². The molecule has 78 heavy (non-hydrogen) atoms. The summed E-state index contributed by atoms with van der Waals surface area (Å²) >= 11 is 0. The van der Waals surface area contributed by atoms with Crippen molar-refractivity contribution in [2.75, 3.05) is 26.4 Å². The third-order valence-electron chi connectivity index (χ3n) is 12.3. The second-order valence-corrected chi connectivity index (χ2v) is 21.2. The molecule has 3 unspecified atom stereocenters. The topological polar surface area (TPSA) is 155 Å². The molecule has 0 radical (unpaired) electrons. The van der Waals surface area contributed by atoms with E-state index in [1.807, 2.05) is 12.2 Å². The molecule has 0 spiro atoms. The molecule has 0 fully saturated rings. The minimum absolute atomic E-state index is 0.0812. The summed E-state index contributed by atoms with van der Waals surface area (Å²) in [5.74, 6) is -1.56. The maximum atomic E-state index is 12.9. The van der Waals surface area contributed by atoms with Crippen molar-refractivity contribution in [3.63, 3.8) is 0 Å². The van der Waals surface area contributed by atoms with Crippen LogP contribution >= 0.6 is 7.82 Å². The predicted molar refractivity (Wildman–Crippen MR) is 325 cm³/mol. The number of hydrogen-bond acceptors (Lipinski definition) is 10. The van der Waals surface area contributed by atoms with Gasteiger partial charge in [0.05, 0.1) is 19.8 Å². The van der Waals surface area contributed by atoms with Gasteiger partial charge in [0, 0.05) is 19.3 Å². The number of phosphoric acid groups is 1. The summed E-state index contributed by atoms with van der Waals surface area (Å²) in [6, 6.07) is 0. The number of aliphatic hydroxyl groups excluding tert-OH is 1. The number of phosphoric ester groups is 1. The summed E-state index contributed by atoms with van der Waals surface area (Å²) in [5.41, 5.74) is 0. The van der Waals surface area contributed by atoms with Crippen molar-refractivity contribution >= 4 is 25.7 Å². The van der Waals surface area contributed by atoms with Crippen molar-refractivity contribution in [1.29, 1.82) is 0 Å². The molecule has 0 aliphatic rings. The summed E-state index contributed by atoms with van der Waals surface area (Å²) in [5, 5.41) is 9.84. The molecule has 2 N–H and O–H groups in total. The first-order valence-electron chi connectivity index (χ1n) is 30.4. The Morgan fingerprint density at radius 3 is 1.08 bits per heavy atom. The highest BCUT2D eigenvalue weighted by Gasteiger charge is 2.28. The SMILES string of the molecule is CC/C=C\C/C=C\C/C=C\C/C=C\C/C=C\CCCC(=O)OC(COC(=O)CCCCCCCCC/C=C\C/C=C\CCCCC)COP(=O)(O)OCC(CO)OC(=O)CCCCCCCCC/C=C\C/C=C\C/C=C\CC. The molecule has 0 aliphatic heterocycles. The molecule has 0 amide bonds. The van der Waals surface area contributed by atoms with Crippen LogP contribution in [0.15, 0.2) is 122 Å². The predicted octanol–water partition coefficient (Wildman–Crippen LogP) is 18.4. The molecule has 11 nitrogen and oxygen atoms in total. The highest BCUT2D eigenvalue weighted by molar-refractivity contribution is 7.47. The Bertz CT molecular complexity index is 1770. The number of unbranched alkanes of at least 4 members (excludes halogenated alkanes) is 18. The standard InChI is InChI=1S/C66H109O11P/c1-4-7-10-13-16-19-22-25-28-31-34-37-40-43-46-49-52-55-64(68)73-59-63(77-66(70)57-54-51-48-45-42-39-36-33-30-27-24-21-18-15-12-9-6-3)61-75-78(71,72)74-60-62(58-67)76-65(69)56-53-50-47-44-41-38-35-32-29-26-23-20-17-14-11-8-5-2/h8-9,11-12,16-21,25-30,36,39,45,48,62-63,67H,4-7,10,13-15,22-24,31-35,37-38,40-44,46-47,49-61H2,1-3H3,(H,71,72)/b11-8-,12-9-,19-16-,20-17-,21-18-,28-25-,29-26-,30-27-,39-36-,48-45-. The Balaban J connectivity index is 4.81. The summed E-state index contributed by atoms with van der Waals surface area (Å²) in [4.78, 5) is 48.7. The van der Waals surface area contributed by atoms with Gasteiger partial charge in [0.15, 0.2) is 6.10 Å². The van der Waals surface area contributed by atoms with Crippen LogP contribution in [0.5, 0.6) is 0 Å². The first kappa shape index (κ1) is 73.9. The van der Waals surface area contributed by atoms with Crippen molar-refractivity contribution in [3.8, 4) is 0 Å². The lowest BCUT2D eigenvalue weighted by Crippen LogP contribution is -2.30. The van der Waals surface area contributed by atoms with Crippen LogP contribution in [0.3, 0.4) is 0 Å². The van der Waals surface area contributed by atoms with E-state index in [0.29, 0.717) is 25.7 Å². The molecule has 12 heteroatoms. The average Bonchev–Trinajstić information content (AvgIpc) is 3.43. The van der Waals surface area contributed by atoms with Crippen LogP contribution in [0.2, 0.25) is 0 Å². The molecule has 0 rings (SSSR count). The van der Waals surface area contributed by atoms with Crippen molar-refractivity contribution in [2.24, 2.45) is 0 Å². The maximum Gasteiger partial charge on any atom is 0.472 e. The van der Waals surface area contributed by atoms with Crippen LogP contribution in [-0.4, -0.2) is 66.5 Å². The molecular weight excluding hydrogens is 1000 g/mol. The monoisotopic (exact) mass is 1110 g/mol. The number of ether oxygens (including phenoxy) is 3. The van der Waals surface area contributed by atoms with Crippen LogP contribution in [0, 0.1) is 0 Å². The fourth-order valence-corrected chi connectivity index (χ4v) is 8.57. The Labute approximate surface area is 475 Å². The molecule has 3 atom stereocenters. The molecule has 0 saturated carbocycles. The highest BCUT2D eigenvalue weighted by atomic mass is 31.2. The third kappa shape index (κ3) is 56.6. The minimum atomic E-state index is -4.78. The van der Waals surface area contributed by atoms with E-state index in [9.17, 15) is 28.9 Å². The highest BCUT2D eigenvalue weighted by Crippen LogP contribution is 2.43. The van der Waals surface area contributed by atoms with E-state index in [-0.39, 0.29) is 25.9 Å². The molecule has 0 aliphatic carbocycles. The van der Waals surface area contributed by atoms with Crippen LogP contribution in [0.25, 0.3) is 0 Å². The number of esters is 3. The van der Waals surface area contributed by atoms with Gasteiger partial charge in [-0.15, -0.1) is 0 Å². The molecule has 0 aromatic heterocycles. The Kier molecular flexibility index (Phi) is 55.9. The van der Waals surface area contributed by atoms with Crippen LogP contribution in [0.4, 0.5) is 0 Å². The van der Waals surface area contributed by atoms with E-state index in [1.165, 1.54) is 44.9 Å². The first-order chi connectivity index (χ1) is 38.2. The molecule has 0 heterocycles. The van der Waals surface area contributed by atoms with Crippen LogP contribution in [-0.2, 0) is 42.2 Å². The van der Waals surface area contributed by atoms with Gasteiger partial charge in [0.1, 0.15) is 12.7 Å². The lowest BCUT2D eigenvalue weighted by molar-refractivity contribution is -0.161. The number of carbonyl (C=O) groups is 3. The lowest BCUT2D eigenvalue weighted by Gasteiger charge is -2.21. The third-order valence-corrected chi connectivity index (χ3v) is 13.3. The molecule has 0 bridgehead atoms. The van der Waals surface area contributed by atoms with Crippen molar-refractivity contribution in [1.82, 2.24) is 0 Å². The zero-order valence-corrected chi connectivity index (χ0v) is 50.0. The van der Waals surface area contributed by atoms with Crippen molar-refractivity contribution in [2.45, 2.75) is 251 Å². The molecule has 0 aromatic rings. The normalized spacial score (nSPS) is 14.2. The second kappa shape index (κ2) is 59.0. The van der Waals surface area contributed by atoms with Gasteiger partial charge in [-0.3, -0.25) is 23.4 Å². The van der Waals surface area contributed by atoms with Crippen molar-refractivity contribution in [3.05, 3.63) is 122 Å². The number of aliphatic hydroxyl groups is 1. The number of carbonyl (C=O) groups excluding carboxylic acids is 3. The Hall–Kier alpha value is -4.12. The summed E-state index contributed by atoms with van der Waals surface area (Å²) in [6.45, 7) is 4.31. The average molecular weight is 1110 g/mol. The van der Waals surface area contributed by atoms with Gasteiger partial charge in [-0.05, 0) is 122 Å². The minimum Gasteiger partial charge on any atom is -0.462 e. The first-order valence-corrected chi connectivity index (χ1v) is 31.9. The molecular formula is C66H109O11P. The van der Waals surface area contributed by atoms with E-state index in [0.717, 1.165) is 128 Å².